The molecular formula is C17H15F5N2O3S. The summed E-state index contributed by atoms with van der Waals surface area (Å²) >= 11 is 0. The number of hydrogen-bond acceptors (Lipinski definition) is 3. The van der Waals surface area contributed by atoms with Crippen LogP contribution in [0, 0.1) is 11.6 Å². The minimum atomic E-state index is -4.95. The van der Waals surface area contributed by atoms with Crippen LogP contribution in [0.15, 0.2) is 47.4 Å². The normalized spacial score (nSPS) is 12.2. The highest BCUT2D eigenvalue weighted by atomic mass is 32.2. The largest absolute Gasteiger partial charge is 0.419 e. The number of sulfonamides is 1. The molecule has 0 radical (unpaired) electrons. The Morgan fingerprint density at radius 1 is 1.07 bits per heavy atom. The van der Waals surface area contributed by atoms with Crippen LogP contribution in [0.25, 0.3) is 0 Å². The van der Waals surface area contributed by atoms with Gasteiger partial charge in [-0.15, -0.1) is 0 Å². The highest BCUT2D eigenvalue weighted by molar-refractivity contribution is 7.89. The second kappa shape index (κ2) is 8.23. The molecule has 0 saturated heterocycles. The van der Waals surface area contributed by atoms with Crippen molar-refractivity contribution in [3.8, 4) is 0 Å². The molecule has 0 aliphatic heterocycles. The van der Waals surface area contributed by atoms with Crippen molar-refractivity contribution in [3.63, 3.8) is 0 Å². The van der Waals surface area contributed by atoms with Crippen LogP contribution in [0.4, 0.5) is 27.6 Å². The molecule has 11 heteroatoms. The molecule has 0 aliphatic rings. The predicted molar refractivity (Wildman–Crippen MR) is 90.9 cm³/mol. The summed E-state index contributed by atoms with van der Waals surface area (Å²) in [6, 6.07) is 5.83. The van der Waals surface area contributed by atoms with Gasteiger partial charge in [0.2, 0.25) is 15.9 Å². The molecule has 0 saturated carbocycles. The van der Waals surface area contributed by atoms with E-state index in [1.54, 1.807) is 0 Å². The molecule has 0 fully saturated rings. The first-order valence-corrected chi connectivity index (χ1v) is 9.31. The second-order valence-electron chi connectivity index (χ2n) is 5.63. The van der Waals surface area contributed by atoms with Crippen LogP contribution in [-0.2, 0) is 21.0 Å². The van der Waals surface area contributed by atoms with Crippen LogP contribution >= 0.6 is 0 Å². The summed E-state index contributed by atoms with van der Waals surface area (Å²) in [5.41, 5.74) is -1.90. The quantitative estimate of drug-likeness (QED) is 0.723. The Hall–Kier alpha value is -2.53. The standard InChI is InChI=1S/C17H15F5N2O3S/c1-2-24(28(26,27)13-6-3-11(18)4-7-13)10-16(25)23-12-5-8-15(19)14(9-12)17(20,21)22/h3-9H,2,10H2,1H3,(H,23,25). The van der Waals surface area contributed by atoms with Crippen molar-refractivity contribution in [1.82, 2.24) is 4.31 Å². The van der Waals surface area contributed by atoms with Gasteiger partial charge in [-0.25, -0.2) is 17.2 Å². The van der Waals surface area contributed by atoms with Crippen molar-refractivity contribution >= 4 is 21.6 Å². The van der Waals surface area contributed by atoms with E-state index >= 15 is 0 Å². The van der Waals surface area contributed by atoms with E-state index in [-0.39, 0.29) is 17.1 Å². The molecule has 2 aromatic rings. The number of nitrogens with one attached hydrogen (secondary N) is 1. The molecule has 2 rings (SSSR count). The van der Waals surface area contributed by atoms with Crippen molar-refractivity contribution in [2.75, 3.05) is 18.4 Å². The molecule has 0 atom stereocenters. The summed E-state index contributed by atoms with van der Waals surface area (Å²) in [7, 11) is -4.13. The lowest BCUT2D eigenvalue weighted by Gasteiger charge is -2.20. The Balaban J connectivity index is 2.18. The highest BCUT2D eigenvalue weighted by Crippen LogP contribution is 2.33. The number of carbonyl (C=O) groups is 1. The van der Waals surface area contributed by atoms with E-state index in [1.807, 2.05) is 0 Å². The maximum absolute atomic E-state index is 13.3. The summed E-state index contributed by atoms with van der Waals surface area (Å²) in [4.78, 5) is 11.9. The number of anilines is 1. The van der Waals surface area contributed by atoms with Crippen molar-refractivity contribution in [1.29, 1.82) is 0 Å². The first-order chi connectivity index (χ1) is 12.9. The zero-order valence-electron chi connectivity index (χ0n) is 14.4. The van der Waals surface area contributed by atoms with Gasteiger partial charge in [-0.3, -0.25) is 4.79 Å². The summed E-state index contributed by atoms with van der Waals surface area (Å²) < 4.78 is 90.3. The van der Waals surface area contributed by atoms with Crippen LogP contribution < -0.4 is 5.32 Å². The van der Waals surface area contributed by atoms with Gasteiger partial charge in [0.25, 0.3) is 0 Å². The molecule has 1 N–H and O–H groups in total. The lowest BCUT2D eigenvalue weighted by molar-refractivity contribution is -0.140. The topological polar surface area (TPSA) is 66.5 Å². The maximum Gasteiger partial charge on any atom is 0.419 e. The smallest absolute Gasteiger partial charge is 0.325 e. The summed E-state index contributed by atoms with van der Waals surface area (Å²) in [6.45, 7) is 0.632. The molecule has 5 nitrogen and oxygen atoms in total. The minimum Gasteiger partial charge on any atom is -0.325 e. The molecule has 0 unspecified atom stereocenters. The van der Waals surface area contributed by atoms with Crippen molar-refractivity contribution in [2.45, 2.75) is 18.0 Å². The second-order valence-corrected chi connectivity index (χ2v) is 7.56. The number of rotatable bonds is 6. The number of likely N-dealkylation sites (N-methyl/N-ethyl adjacent to an activating group) is 1. The summed E-state index contributed by atoms with van der Waals surface area (Å²) in [5, 5.41) is 2.11. The van der Waals surface area contributed by atoms with Crippen molar-refractivity contribution in [2.24, 2.45) is 0 Å². The van der Waals surface area contributed by atoms with E-state index in [0.717, 1.165) is 34.6 Å². The average molecular weight is 422 g/mol. The first-order valence-electron chi connectivity index (χ1n) is 7.87. The van der Waals surface area contributed by atoms with E-state index in [9.17, 15) is 35.2 Å². The number of hydrogen-bond donors (Lipinski definition) is 1. The van der Waals surface area contributed by atoms with Gasteiger partial charge >= 0.3 is 6.18 Å². The zero-order valence-corrected chi connectivity index (χ0v) is 15.2. The number of amides is 1. The van der Waals surface area contributed by atoms with E-state index in [4.69, 9.17) is 0 Å². The van der Waals surface area contributed by atoms with Gasteiger partial charge in [-0.05, 0) is 42.5 Å². The molecule has 0 aromatic heterocycles. The van der Waals surface area contributed by atoms with Gasteiger partial charge in [-0.2, -0.15) is 17.5 Å². The molecule has 28 heavy (non-hydrogen) atoms. The number of benzene rings is 2. The first kappa shape index (κ1) is 21.8. The highest BCUT2D eigenvalue weighted by Gasteiger charge is 2.34. The third kappa shape index (κ3) is 5.04. The Morgan fingerprint density at radius 3 is 2.21 bits per heavy atom. The van der Waals surface area contributed by atoms with Crippen LogP contribution in [-0.4, -0.2) is 31.7 Å². The molecule has 0 spiro atoms. The molecule has 152 valence electrons. The minimum absolute atomic E-state index is 0.121. The fourth-order valence-corrected chi connectivity index (χ4v) is 3.71. The van der Waals surface area contributed by atoms with E-state index in [0.29, 0.717) is 12.1 Å². The number of alkyl halides is 3. The van der Waals surface area contributed by atoms with Gasteiger partial charge in [0.05, 0.1) is 17.0 Å². The van der Waals surface area contributed by atoms with Gasteiger partial charge in [0.1, 0.15) is 11.6 Å². The molecular weight excluding hydrogens is 407 g/mol. The van der Waals surface area contributed by atoms with Crippen LogP contribution in [0.1, 0.15) is 12.5 Å². The predicted octanol–water partition coefficient (Wildman–Crippen LogP) is 3.63. The molecule has 0 bridgehead atoms. The van der Waals surface area contributed by atoms with E-state index in [2.05, 4.69) is 5.32 Å². The van der Waals surface area contributed by atoms with Crippen LogP contribution in [0.3, 0.4) is 0 Å². The van der Waals surface area contributed by atoms with E-state index < -0.39 is 45.8 Å². The monoisotopic (exact) mass is 422 g/mol. The van der Waals surface area contributed by atoms with E-state index in [1.165, 1.54) is 6.92 Å². The number of carbonyl (C=O) groups excluding carboxylic acids is 1. The Morgan fingerprint density at radius 2 is 1.68 bits per heavy atom. The summed E-state index contributed by atoms with van der Waals surface area (Å²) in [5.74, 6) is -3.07. The third-order valence-corrected chi connectivity index (χ3v) is 5.61. The SMILES string of the molecule is CCN(CC(=O)Nc1ccc(F)c(C(F)(F)F)c1)S(=O)(=O)c1ccc(F)cc1. The fourth-order valence-electron chi connectivity index (χ4n) is 2.30. The van der Waals surface area contributed by atoms with Crippen molar-refractivity contribution in [3.05, 3.63) is 59.7 Å². The van der Waals surface area contributed by atoms with Gasteiger partial charge in [0, 0.05) is 12.2 Å². The summed E-state index contributed by atoms with van der Waals surface area (Å²) in [6.07, 6.45) is -4.95. The lowest BCUT2D eigenvalue weighted by Crippen LogP contribution is -2.37. The van der Waals surface area contributed by atoms with Gasteiger partial charge in [-0.1, -0.05) is 6.92 Å². The molecule has 2 aromatic carbocycles. The molecule has 0 aliphatic carbocycles. The Kier molecular flexibility index (Phi) is 6.40. The number of nitrogens with zero attached hydrogens (tertiary/aromatic N) is 1. The third-order valence-electron chi connectivity index (χ3n) is 3.68. The molecule has 1 amide bonds. The average Bonchev–Trinajstić information content (AvgIpc) is 2.60. The molecule has 0 heterocycles. The van der Waals surface area contributed by atoms with Crippen molar-refractivity contribution < 1.29 is 35.2 Å². The number of halogens is 5. The lowest BCUT2D eigenvalue weighted by atomic mass is 10.2. The maximum atomic E-state index is 13.3. The Bertz CT molecular complexity index is 960. The van der Waals surface area contributed by atoms with Gasteiger partial charge < -0.3 is 5.32 Å². The fraction of sp³-hybridized carbons (Fsp3) is 0.235. The van der Waals surface area contributed by atoms with Gasteiger partial charge in [0.15, 0.2) is 0 Å². The van der Waals surface area contributed by atoms with Crippen LogP contribution in [0.2, 0.25) is 0 Å². The Labute approximate surface area is 157 Å². The van der Waals surface area contributed by atoms with Crippen LogP contribution in [0.5, 0.6) is 0 Å². The zero-order chi connectivity index (χ0) is 21.1.